The van der Waals surface area contributed by atoms with Gasteiger partial charge in [-0.1, -0.05) is 66.2 Å². The lowest BCUT2D eigenvalue weighted by Gasteiger charge is -2.32. The first-order valence-corrected chi connectivity index (χ1v) is 11.5. The van der Waals surface area contributed by atoms with Gasteiger partial charge in [0.25, 0.3) is 5.91 Å². The van der Waals surface area contributed by atoms with Gasteiger partial charge >= 0.3 is 0 Å². The van der Waals surface area contributed by atoms with Gasteiger partial charge in [-0.3, -0.25) is 9.59 Å². The Labute approximate surface area is 204 Å². The molecule has 0 aliphatic rings. The highest BCUT2D eigenvalue weighted by Crippen LogP contribution is 2.19. The standard InChI is InChI=1S/C27H28ClFN2O3/c1-19(2)30-27(33)24(16-20-9-4-3-5-10-20)31(17-21-11-8-12-22(28)15-21)26(32)18-34-25-14-7-6-13-23(25)29/h3-15,19,24H,16-18H2,1-2H3,(H,30,33). The highest BCUT2D eigenvalue weighted by molar-refractivity contribution is 6.30. The monoisotopic (exact) mass is 482 g/mol. The zero-order valence-electron chi connectivity index (χ0n) is 19.2. The molecule has 0 heterocycles. The van der Waals surface area contributed by atoms with Crippen molar-refractivity contribution in [2.45, 2.75) is 38.9 Å². The lowest BCUT2D eigenvalue weighted by atomic mass is 10.0. The summed E-state index contributed by atoms with van der Waals surface area (Å²) in [6, 6.07) is 21.6. The van der Waals surface area contributed by atoms with Gasteiger partial charge in [0.2, 0.25) is 5.91 Å². The molecule has 0 fully saturated rings. The van der Waals surface area contributed by atoms with Crippen LogP contribution in [0.2, 0.25) is 5.02 Å². The molecule has 1 atom stereocenters. The van der Waals surface area contributed by atoms with Gasteiger partial charge in [0.05, 0.1) is 0 Å². The summed E-state index contributed by atoms with van der Waals surface area (Å²) in [5.41, 5.74) is 1.67. The van der Waals surface area contributed by atoms with E-state index in [1.165, 1.54) is 17.0 Å². The highest BCUT2D eigenvalue weighted by atomic mass is 35.5. The van der Waals surface area contributed by atoms with E-state index in [-0.39, 0.29) is 24.2 Å². The third-order valence-electron chi connectivity index (χ3n) is 5.13. The van der Waals surface area contributed by atoms with E-state index in [2.05, 4.69) is 5.32 Å². The first-order chi connectivity index (χ1) is 16.3. The summed E-state index contributed by atoms with van der Waals surface area (Å²) < 4.78 is 19.5. The molecular weight excluding hydrogens is 455 g/mol. The Morgan fingerprint density at radius 2 is 1.65 bits per heavy atom. The van der Waals surface area contributed by atoms with Crippen LogP contribution in [0.5, 0.6) is 5.75 Å². The Kier molecular flexibility index (Phi) is 9.05. The molecule has 1 unspecified atom stereocenters. The molecule has 5 nitrogen and oxygen atoms in total. The maximum Gasteiger partial charge on any atom is 0.261 e. The van der Waals surface area contributed by atoms with Crippen molar-refractivity contribution < 1.29 is 18.7 Å². The van der Waals surface area contributed by atoms with Crippen LogP contribution in [0.15, 0.2) is 78.9 Å². The molecule has 2 amide bonds. The number of nitrogens with zero attached hydrogens (tertiary/aromatic N) is 1. The zero-order valence-corrected chi connectivity index (χ0v) is 20.0. The smallest absolute Gasteiger partial charge is 0.261 e. The lowest BCUT2D eigenvalue weighted by Crippen LogP contribution is -2.52. The number of carbonyl (C=O) groups is 2. The largest absolute Gasteiger partial charge is 0.481 e. The number of benzene rings is 3. The molecular formula is C27H28ClFN2O3. The number of nitrogens with one attached hydrogen (secondary N) is 1. The van der Waals surface area contributed by atoms with Crippen molar-refractivity contribution in [1.82, 2.24) is 10.2 Å². The number of amides is 2. The van der Waals surface area contributed by atoms with Crippen LogP contribution in [0, 0.1) is 5.82 Å². The van der Waals surface area contributed by atoms with E-state index in [0.29, 0.717) is 11.4 Å². The Hall–Kier alpha value is -3.38. The molecule has 34 heavy (non-hydrogen) atoms. The molecule has 0 aromatic heterocycles. The van der Waals surface area contributed by atoms with Gasteiger partial charge < -0.3 is 15.0 Å². The summed E-state index contributed by atoms with van der Waals surface area (Å²) in [5, 5.41) is 3.45. The summed E-state index contributed by atoms with van der Waals surface area (Å²) in [5.74, 6) is -1.30. The third-order valence-corrected chi connectivity index (χ3v) is 5.37. The third kappa shape index (κ3) is 7.32. The van der Waals surface area contributed by atoms with Crippen LogP contribution in [0.1, 0.15) is 25.0 Å². The quantitative estimate of drug-likeness (QED) is 0.441. The lowest BCUT2D eigenvalue weighted by molar-refractivity contribution is -0.143. The molecule has 0 radical (unpaired) electrons. The fourth-order valence-electron chi connectivity index (χ4n) is 3.55. The second kappa shape index (κ2) is 12.2. The van der Waals surface area contributed by atoms with E-state index in [4.69, 9.17) is 16.3 Å². The second-order valence-electron chi connectivity index (χ2n) is 8.24. The molecule has 0 aliphatic heterocycles. The summed E-state index contributed by atoms with van der Waals surface area (Å²) in [4.78, 5) is 28.1. The normalized spacial score (nSPS) is 11.7. The van der Waals surface area contributed by atoms with Gasteiger partial charge in [-0.05, 0) is 49.2 Å². The van der Waals surface area contributed by atoms with E-state index in [9.17, 15) is 14.0 Å². The Morgan fingerprint density at radius 3 is 2.32 bits per heavy atom. The molecule has 0 bridgehead atoms. The molecule has 0 saturated carbocycles. The zero-order chi connectivity index (χ0) is 24.5. The van der Waals surface area contributed by atoms with Crippen LogP contribution in [0.4, 0.5) is 4.39 Å². The fourth-order valence-corrected chi connectivity index (χ4v) is 3.76. The van der Waals surface area contributed by atoms with E-state index in [1.54, 1.807) is 30.3 Å². The second-order valence-corrected chi connectivity index (χ2v) is 8.68. The van der Waals surface area contributed by atoms with Gasteiger partial charge in [-0.25, -0.2) is 4.39 Å². The average Bonchev–Trinajstić information content (AvgIpc) is 2.81. The van der Waals surface area contributed by atoms with Gasteiger partial charge in [0, 0.05) is 24.0 Å². The maximum absolute atomic E-state index is 14.0. The van der Waals surface area contributed by atoms with Crippen LogP contribution in [0.25, 0.3) is 0 Å². The van der Waals surface area contributed by atoms with Gasteiger partial charge in [-0.2, -0.15) is 0 Å². The summed E-state index contributed by atoms with van der Waals surface area (Å²) >= 11 is 6.16. The van der Waals surface area contributed by atoms with E-state index in [0.717, 1.165) is 11.1 Å². The Balaban J connectivity index is 1.92. The molecule has 7 heteroatoms. The van der Waals surface area contributed by atoms with Crippen molar-refractivity contribution in [2.24, 2.45) is 0 Å². The molecule has 3 rings (SSSR count). The predicted octanol–water partition coefficient (Wildman–Crippen LogP) is 5.02. The molecule has 178 valence electrons. The van der Waals surface area contributed by atoms with Crippen LogP contribution in [-0.2, 0) is 22.6 Å². The van der Waals surface area contributed by atoms with Crippen LogP contribution in [-0.4, -0.2) is 35.4 Å². The van der Waals surface area contributed by atoms with Crippen LogP contribution in [0.3, 0.4) is 0 Å². The van der Waals surface area contributed by atoms with E-state index < -0.39 is 24.4 Å². The van der Waals surface area contributed by atoms with Crippen LogP contribution < -0.4 is 10.1 Å². The number of hydrogen-bond acceptors (Lipinski definition) is 3. The van der Waals surface area contributed by atoms with Crippen molar-refractivity contribution >= 4 is 23.4 Å². The molecule has 1 N–H and O–H groups in total. The number of carbonyl (C=O) groups excluding carboxylic acids is 2. The van der Waals surface area contributed by atoms with Crippen molar-refractivity contribution in [3.63, 3.8) is 0 Å². The molecule has 3 aromatic rings. The molecule has 0 saturated heterocycles. The minimum atomic E-state index is -0.805. The number of para-hydroxylation sites is 1. The van der Waals surface area contributed by atoms with Gasteiger partial charge in [0.1, 0.15) is 6.04 Å². The predicted molar refractivity (Wildman–Crippen MR) is 131 cm³/mol. The molecule has 0 aliphatic carbocycles. The van der Waals surface area contributed by atoms with Crippen molar-refractivity contribution in [1.29, 1.82) is 0 Å². The van der Waals surface area contributed by atoms with Crippen molar-refractivity contribution in [3.05, 3.63) is 101 Å². The van der Waals surface area contributed by atoms with Gasteiger partial charge in [-0.15, -0.1) is 0 Å². The number of rotatable bonds is 10. The van der Waals surface area contributed by atoms with Gasteiger partial charge in [0.15, 0.2) is 18.2 Å². The van der Waals surface area contributed by atoms with Crippen LogP contribution >= 0.6 is 11.6 Å². The molecule has 3 aromatic carbocycles. The summed E-state index contributed by atoms with van der Waals surface area (Å²) in [6.45, 7) is 3.45. The average molecular weight is 483 g/mol. The van der Waals surface area contributed by atoms with Crippen molar-refractivity contribution in [2.75, 3.05) is 6.61 Å². The van der Waals surface area contributed by atoms with E-state index >= 15 is 0 Å². The minimum absolute atomic E-state index is 0.0233. The Bertz CT molecular complexity index is 1110. The Morgan fingerprint density at radius 1 is 0.971 bits per heavy atom. The minimum Gasteiger partial charge on any atom is -0.481 e. The number of hydrogen-bond donors (Lipinski definition) is 1. The fraction of sp³-hybridized carbons (Fsp3) is 0.259. The highest BCUT2D eigenvalue weighted by Gasteiger charge is 2.31. The first-order valence-electron chi connectivity index (χ1n) is 11.1. The topological polar surface area (TPSA) is 58.6 Å². The number of halogens is 2. The SMILES string of the molecule is CC(C)NC(=O)C(Cc1ccccc1)N(Cc1cccc(Cl)c1)C(=O)COc1ccccc1F. The summed E-state index contributed by atoms with van der Waals surface area (Å²) in [7, 11) is 0. The summed E-state index contributed by atoms with van der Waals surface area (Å²) in [6.07, 6.45) is 0.311. The number of ether oxygens (including phenoxy) is 1. The first kappa shape index (κ1) is 25.2. The van der Waals surface area contributed by atoms with E-state index in [1.807, 2.05) is 50.2 Å². The molecule has 0 spiro atoms. The maximum atomic E-state index is 14.0. The van der Waals surface area contributed by atoms with Crippen molar-refractivity contribution in [3.8, 4) is 5.75 Å².